The molecule has 1 atom stereocenters. The Bertz CT molecular complexity index is 695. The zero-order valence-corrected chi connectivity index (χ0v) is 13.1. The van der Waals surface area contributed by atoms with Gasteiger partial charge in [-0.2, -0.15) is 5.10 Å². The van der Waals surface area contributed by atoms with Crippen LogP contribution >= 0.6 is 0 Å². The number of nitrogens with zero attached hydrogens (tertiary/aromatic N) is 4. The van der Waals surface area contributed by atoms with Crippen LogP contribution in [0.2, 0.25) is 0 Å². The highest BCUT2D eigenvalue weighted by molar-refractivity contribution is 5.79. The molecule has 122 valence electrons. The van der Waals surface area contributed by atoms with E-state index in [0.717, 1.165) is 50.0 Å². The summed E-state index contributed by atoms with van der Waals surface area (Å²) in [5, 5.41) is 7.32. The smallest absolute Gasteiger partial charge is 0.225 e. The van der Waals surface area contributed by atoms with Crippen molar-refractivity contribution < 1.29 is 9.53 Å². The van der Waals surface area contributed by atoms with Crippen LogP contribution in [0, 0.1) is 5.92 Å². The summed E-state index contributed by atoms with van der Waals surface area (Å²) in [4.78, 5) is 23.4. The lowest BCUT2D eigenvalue weighted by Gasteiger charge is -2.35. The Hall–Kier alpha value is -2.02. The number of nitrogens with one attached hydrogen (secondary N) is 1. The monoisotopic (exact) mass is 315 g/mol. The molecule has 2 aliphatic heterocycles. The van der Waals surface area contributed by atoms with E-state index in [9.17, 15) is 4.79 Å². The van der Waals surface area contributed by atoms with Gasteiger partial charge in [0.2, 0.25) is 5.91 Å². The van der Waals surface area contributed by atoms with Gasteiger partial charge in [0, 0.05) is 50.5 Å². The summed E-state index contributed by atoms with van der Waals surface area (Å²) >= 11 is 0. The second-order valence-electron chi connectivity index (χ2n) is 6.38. The highest BCUT2D eigenvalue weighted by Gasteiger charge is 2.32. The molecule has 2 fully saturated rings. The molecule has 2 saturated heterocycles. The molecule has 0 aromatic carbocycles. The van der Waals surface area contributed by atoms with Crippen LogP contribution in [0.1, 0.15) is 37.3 Å². The van der Waals surface area contributed by atoms with Crippen molar-refractivity contribution in [1.29, 1.82) is 0 Å². The fourth-order valence-corrected chi connectivity index (χ4v) is 3.67. The first-order valence-corrected chi connectivity index (χ1v) is 8.34. The van der Waals surface area contributed by atoms with Crippen LogP contribution < -0.4 is 0 Å². The van der Waals surface area contributed by atoms with Crippen LogP contribution in [0.15, 0.2) is 12.4 Å². The van der Waals surface area contributed by atoms with Crippen LogP contribution in [0.25, 0.3) is 11.2 Å². The number of H-pyrrole nitrogens is 1. The van der Waals surface area contributed by atoms with Gasteiger partial charge in [-0.05, 0) is 25.7 Å². The summed E-state index contributed by atoms with van der Waals surface area (Å²) in [6.07, 6.45) is 7.09. The van der Waals surface area contributed by atoms with Crippen LogP contribution in [0.3, 0.4) is 0 Å². The zero-order valence-electron chi connectivity index (χ0n) is 13.1. The fraction of sp³-hybridized carbons (Fsp3) is 0.625. The highest BCUT2D eigenvalue weighted by atomic mass is 16.5. The van der Waals surface area contributed by atoms with Gasteiger partial charge in [-0.25, -0.2) is 9.97 Å². The van der Waals surface area contributed by atoms with Gasteiger partial charge in [0.1, 0.15) is 5.52 Å². The van der Waals surface area contributed by atoms with Crippen molar-refractivity contribution in [3.63, 3.8) is 0 Å². The van der Waals surface area contributed by atoms with Gasteiger partial charge < -0.3 is 9.64 Å². The molecule has 0 radical (unpaired) electrons. The first-order chi connectivity index (χ1) is 11.3. The minimum absolute atomic E-state index is 0.126. The predicted molar refractivity (Wildman–Crippen MR) is 83.8 cm³/mol. The number of hydrogen-bond donors (Lipinski definition) is 1. The first kappa shape index (κ1) is 14.6. The van der Waals surface area contributed by atoms with Crippen molar-refractivity contribution in [1.82, 2.24) is 25.1 Å². The normalized spacial score (nSPS) is 23.3. The standard InChI is InChI=1S/C16H21N5O2/c22-16(11-3-8-23-9-4-11)21-7-1-2-12(10-21)13-14-15(20-19-13)18-6-5-17-14/h5-6,11-12H,1-4,7-10H2,(H,18,19,20)/t12-/m0/s1. The van der Waals surface area contributed by atoms with Gasteiger partial charge in [0.05, 0.1) is 5.69 Å². The second-order valence-corrected chi connectivity index (χ2v) is 6.38. The van der Waals surface area contributed by atoms with E-state index >= 15 is 0 Å². The maximum absolute atomic E-state index is 12.7. The number of ether oxygens (including phenoxy) is 1. The van der Waals surface area contributed by atoms with E-state index in [1.54, 1.807) is 12.4 Å². The summed E-state index contributed by atoms with van der Waals surface area (Å²) in [5.41, 5.74) is 2.49. The molecule has 0 aliphatic carbocycles. The van der Waals surface area contributed by atoms with Gasteiger partial charge >= 0.3 is 0 Å². The lowest BCUT2D eigenvalue weighted by atomic mass is 9.91. The molecule has 7 nitrogen and oxygen atoms in total. The molecule has 0 bridgehead atoms. The van der Waals surface area contributed by atoms with Gasteiger partial charge in [0.15, 0.2) is 5.65 Å². The molecule has 2 aromatic rings. The Morgan fingerprint density at radius 1 is 1.22 bits per heavy atom. The van der Waals surface area contributed by atoms with Crippen molar-refractivity contribution in [3.05, 3.63) is 18.1 Å². The minimum atomic E-state index is 0.126. The van der Waals surface area contributed by atoms with Crippen molar-refractivity contribution in [2.45, 2.75) is 31.6 Å². The number of likely N-dealkylation sites (tertiary alicyclic amines) is 1. The van der Waals surface area contributed by atoms with Crippen LogP contribution in [0.5, 0.6) is 0 Å². The van der Waals surface area contributed by atoms with Gasteiger partial charge in [-0.15, -0.1) is 0 Å². The average molecular weight is 315 g/mol. The Morgan fingerprint density at radius 2 is 2.04 bits per heavy atom. The van der Waals surface area contributed by atoms with Crippen molar-refractivity contribution in [3.8, 4) is 0 Å². The molecule has 7 heteroatoms. The third kappa shape index (κ3) is 2.81. The Labute approximate surface area is 134 Å². The Balaban J connectivity index is 1.51. The molecule has 1 N–H and O–H groups in total. The molecule has 4 heterocycles. The maximum Gasteiger partial charge on any atom is 0.225 e. The van der Waals surface area contributed by atoms with Gasteiger partial charge in [-0.1, -0.05) is 0 Å². The number of piperidine rings is 1. The summed E-state index contributed by atoms with van der Waals surface area (Å²) in [5.74, 6) is 0.669. The molecular formula is C16H21N5O2. The van der Waals surface area contributed by atoms with Gasteiger partial charge in [0.25, 0.3) is 0 Å². The van der Waals surface area contributed by atoms with Crippen molar-refractivity contribution >= 4 is 17.1 Å². The lowest BCUT2D eigenvalue weighted by Crippen LogP contribution is -2.43. The molecule has 0 spiro atoms. The highest BCUT2D eigenvalue weighted by Crippen LogP contribution is 2.30. The van der Waals surface area contributed by atoms with Crippen molar-refractivity contribution in [2.75, 3.05) is 26.3 Å². The first-order valence-electron chi connectivity index (χ1n) is 8.34. The number of aromatic amines is 1. The Morgan fingerprint density at radius 3 is 2.91 bits per heavy atom. The number of carbonyl (C=O) groups is 1. The van der Waals surface area contributed by atoms with E-state index in [0.29, 0.717) is 18.9 Å². The van der Waals surface area contributed by atoms with E-state index in [1.165, 1.54) is 0 Å². The third-order valence-electron chi connectivity index (χ3n) is 4.93. The molecular weight excluding hydrogens is 294 g/mol. The SMILES string of the molecule is O=C(C1CCOCC1)N1CCC[C@H](c2[nH]nc3nccnc23)C1. The topological polar surface area (TPSA) is 84.0 Å². The number of fused-ring (bicyclic) bond motifs is 1. The number of carbonyl (C=O) groups excluding carboxylic acids is 1. The second kappa shape index (κ2) is 6.23. The van der Waals surface area contributed by atoms with Gasteiger partial charge in [-0.3, -0.25) is 9.89 Å². The molecule has 1 amide bonds. The van der Waals surface area contributed by atoms with Crippen LogP contribution in [0.4, 0.5) is 0 Å². The third-order valence-corrected chi connectivity index (χ3v) is 4.93. The quantitative estimate of drug-likeness (QED) is 0.907. The van der Waals surface area contributed by atoms with E-state index in [4.69, 9.17) is 4.74 Å². The minimum Gasteiger partial charge on any atom is -0.381 e. The Kier molecular flexibility index (Phi) is 3.95. The predicted octanol–water partition coefficient (Wildman–Crippen LogP) is 1.49. The lowest BCUT2D eigenvalue weighted by molar-refractivity contribution is -0.139. The zero-order chi connectivity index (χ0) is 15.6. The average Bonchev–Trinajstić information content (AvgIpc) is 3.06. The molecule has 0 unspecified atom stereocenters. The summed E-state index contributed by atoms with van der Waals surface area (Å²) in [7, 11) is 0. The van der Waals surface area contributed by atoms with Crippen LogP contribution in [-0.4, -0.2) is 57.3 Å². The van der Waals surface area contributed by atoms with E-state index in [1.807, 2.05) is 4.90 Å². The number of amides is 1. The fourth-order valence-electron chi connectivity index (χ4n) is 3.67. The summed E-state index contributed by atoms with van der Waals surface area (Å²) < 4.78 is 5.37. The molecule has 4 rings (SSSR count). The summed E-state index contributed by atoms with van der Waals surface area (Å²) in [6, 6.07) is 0. The van der Waals surface area contributed by atoms with Crippen LogP contribution in [-0.2, 0) is 9.53 Å². The number of hydrogen-bond acceptors (Lipinski definition) is 5. The molecule has 23 heavy (non-hydrogen) atoms. The van der Waals surface area contributed by atoms with E-state index < -0.39 is 0 Å². The molecule has 2 aliphatic rings. The summed E-state index contributed by atoms with van der Waals surface area (Å²) in [6.45, 7) is 3.00. The molecule has 2 aromatic heterocycles. The van der Waals surface area contributed by atoms with E-state index in [-0.39, 0.29) is 17.7 Å². The van der Waals surface area contributed by atoms with E-state index in [2.05, 4.69) is 20.2 Å². The number of rotatable bonds is 2. The maximum atomic E-state index is 12.7. The largest absolute Gasteiger partial charge is 0.381 e. The van der Waals surface area contributed by atoms with Crippen molar-refractivity contribution in [2.24, 2.45) is 5.92 Å². The molecule has 0 saturated carbocycles. The number of aromatic nitrogens is 4.